The van der Waals surface area contributed by atoms with Crippen LogP contribution in [0.4, 0.5) is 0 Å². The Hall–Kier alpha value is -1.98. The van der Waals surface area contributed by atoms with Gasteiger partial charge in [0.25, 0.3) is 0 Å². The third-order valence-electron chi connectivity index (χ3n) is 7.49. The maximum Gasteiger partial charge on any atom is 0.239 e. The predicted octanol–water partition coefficient (Wildman–Crippen LogP) is 2.84. The second-order valence-corrected chi connectivity index (χ2v) is 9.97. The molecule has 1 aromatic carbocycles. The monoisotopic (exact) mass is 453 g/mol. The van der Waals surface area contributed by atoms with Gasteiger partial charge in [0, 0.05) is 32.7 Å². The SMILES string of the molecule is N#CC1(NC(=O)C(CC2CCCCC2)NN2CCOCC2)CCN(Cc2ccccc2)CC1. The number of carbonyl (C=O) groups is 1. The molecule has 1 amide bonds. The first kappa shape index (κ1) is 24.2. The largest absolute Gasteiger partial charge is 0.379 e. The highest BCUT2D eigenvalue weighted by Gasteiger charge is 2.38. The van der Waals surface area contributed by atoms with E-state index in [1.165, 1.54) is 37.7 Å². The number of carbonyl (C=O) groups excluding carboxylic acids is 1. The van der Waals surface area contributed by atoms with Crippen LogP contribution < -0.4 is 10.7 Å². The molecule has 3 fully saturated rings. The summed E-state index contributed by atoms with van der Waals surface area (Å²) < 4.78 is 5.47. The van der Waals surface area contributed by atoms with Crippen LogP contribution in [0.1, 0.15) is 56.9 Å². The smallest absolute Gasteiger partial charge is 0.239 e. The summed E-state index contributed by atoms with van der Waals surface area (Å²) in [6, 6.07) is 12.6. The zero-order valence-electron chi connectivity index (χ0n) is 19.8. The highest BCUT2D eigenvalue weighted by molar-refractivity contribution is 5.82. The number of likely N-dealkylation sites (tertiary alicyclic amines) is 1. The number of nitrogens with one attached hydrogen (secondary N) is 2. The zero-order chi connectivity index (χ0) is 22.9. The molecule has 180 valence electrons. The lowest BCUT2D eigenvalue weighted by Gasteiger charge is -2.39. The van der Waals surface area contributed by atoms with Crippen molar-refractivity contribution in [2.24, 2.45) is 5.92 Å². The van der Waals surface area contributed by atoms with Gasteiger partial charge in [-0.3, -0.25) is 9.69 Å². The Labute approximate surface area is 198 Å². The molecule has 1 atom stereocenters. The molecule has 33 heavy (non-hydrogen) atoms. The molecule has 2 aliphatic heterocycles. The summed E-state index contributed by atoms with van der Waals surface area (Å²) in [5, 5.41) is 15.4. The lowest BCUT2D eigenvalue weighted by Crippen LogP contribution is -2.61. The zero-order valence-corrected chi connectivity index (χ0v) is 19.8. The van der Waals surface area contributed by atoms with Crippen molar-refractivity contribution in [2.75, 3.05) is 39.4 Å². The van der Waals surface area contributed by atoms with Gasteiger partial charge in [0.05, 0.1) is 19.3 Å². The Morgan fingerprint density at radius 3 is 2.45 bits per heavy atom. The number of hydrazine groups is 1. The summed E-state index contributed by atoms with van der Waals surface area (Å²) in [6.45, 7) is 5.45. The molecule has 0 radical (unpaired) electrons. The average molecular weight is 454 g/mol. The van der Waals surface area contributed by atoms with Crippen molar-refractivity contribution < 1.29 is 9.53 Å². The number of nitrogens with zero attached hydrogens (tertiary/aromatic N) is 3. The molecule has 4 rings (SSSR count). The lowest BCUT2D eigenvalue weighted by atomic mass is 9.84. The van der Waals surface area contributed by atoms with E-state index in [0.29, 0.717) is 32.0 Å². The number of rotatable bonds is 8. The summed E-state index contributed by atoms with van der Waals surface area (Å²) in [5.41, 5.74) is 4.01. The standard InChI is InChI=1S/C26H39N5O2/c27-21-26(11-13-30(14-12-26)20-23-9-5-2-6-10-23)28-25(32)24(19-22-7-3-1-4-8-22)29-31-15-17-33-18-16-31/h2,5-6,9-10,22,24,29H,1,3-4,7-8,11-20H2,(H,28,32). The fraction of sp³-hybridized carbons (Fsp3) is 0.692. The molecule has 7 nitrogen and oxygen atoms in total. The predicted molar refractivity (Wildman–Crippen MR) is 128 cm³/mol. The maximum atomic E-state index is 13.5. The average Bonchev–Trinajstić information content (AvgIpc) is 2.87. The number of amides is 1. The molecule has 0 bridgehead atoms. The van der Waals surface area contributed by atoms with Crippen molar-refractivity contribution in [1.82, 2.24) is 20.7 Å². The highest BCUT2D eigenvalue weighted by atomic mass is 16.5. The fourth-order valence-corrected chi connectivity index (χ4v) is 5.41. The minimum atomic E-state index is -0.776. The van der Waals surface area contributed by atoms with Gasteiger partial charge in [-0.15, -0.1) is 0 Å². The van der Waals surface area contributed by atoms with Crippen LogP contribution in [-0.2, 0) is 16.1 Å². The second kappa shape index (κ2) is 11.9. The molecule has 7 heteroatoms. The van der Waals surface area contributed by atoms with Gasteiger partial charge >= 0.3 is 0 Å². The van der Waals surface area contributed by atoms with E-state index in [-0.39, 0.29) is 11.9 Å². The van der Waals surface area contributed by atoms with Crippen LogP contribution in [0, 0.1) is 17.2 Å². The van der Waals surface area contributed by atoms with Gasteiger partial charge in [-0.2, -0.15) is 5.26 Å². The molecular weight excluding hydrogens is 414 g/mol. The molecule has 2 N–H and O–H groups in total. The lowest BCUT2D eigenvalue weighted by molar-refractivity contribution is -0.128. The number of benzene rings is 1. The van der Waals surface area contributed by atoms with Crippen LogP contribution in [0.15, 0.2) is 30.3 Å². The van der Waals surface area contributed by atoms with Crippen molar-refractivity contribution in [3.63, 3.8) is 0 Å². The quantitative estimate of drug-likeness (QED) is 0.630. The summed E-state index contributed by atoms with van der Waals surface area (Å²) in [6.07, 6.45) is 8.39. The van der Waals surface area contributed by atoms with Gasteiger partial charge in [-0.05, 0) is 30.7 Å². The Morgan fingerprint density at radius 1 is 1.09 bits per heavy atom. The van der Waals surface area contributed by atoms with Crippen LogP contribution in [0.5, 0.6) is 0 Å². The fourth-order valence-electron chi connectivity index (χ4n) is 5.41. The summed E-state index contributed by atoms with van der Waals surface area (Å²) in [7, 11) is 0. The minimum Gasteiger partial charge on any atom is -0.379 e. The van der Waals surface area contributed by atoms with E-state index in [2.05, 4.69) is 51.0 Å². The Kier molecular flexibility index (Phi) is 8.74. The number of nitriles is 1. The maximum absolute atomic E-state index is 13.5. The number of piperidine rings is 1. The van der Waals surface area contributed by atoms with Gasteiger partial charge in [-0.25, -0.2) is 10.4 Å². The molecular formula is C26H39N5O2. The van der Waals surface area contributed by atoms with Crippen molar-refractivity contribution in [1.29, 1.82) is 5.26 Å². The molecule has 1 aromatic rings. The van der Waals surface area contributed by atoms with Crippen molar-refractivity contribution in [3.8, 4) is 6.07 Å². The molecule has 0 aromatic heterocycles. The van der Waals surface area contributed by atoms with E-state index in [1.807, 2.05) is 6.07 Å². The van der Waals surface area contributed by atoms with Crippen LogP contribution >= 0.6 is 0 Å². The number of hydrogen-bond donors (Lipinski definition) is 2. The van der Waals surface area contributed by atoms with Gasteiger partial charge in [0.1, 0.15) is 11.6 Å². The summed E-state index contributed by atoms with van der Waals surface area (Å²) in [4.78, 5) is 15.9. The van der Waals surface area contributed by atoms with E-state index in [1.54, 1.807) is 0 Å². The van der Waals surface area contributed by atoms with E-state index in [9.17, 15) is 10.1 Å². The van der Waals surface area contributed by atoms with E-state index in [4.69, 9.17) is 4.74 Å². The van der Waals surface area contributed by atoms with Crippen molar-refractivity contribution >= 4 is 5.91 Å². The molecule has 2 saturated heterocycles. The van der Waals surface area contributed by atoms with E-state index >= 15 is 0 Å². The van der Waals surface area contributed by atoms with E-state index in [0.717, 1.165) is 39.1 Å². The Morgan fingerprint density at radius 2 is 1.79 bits per heavy atom. The second-order valence-electron chi connectivity index (χ2n) is 9.97. The number of hydrogen-bond acceptors (Lipinski definition) is 6. The minimum absolute atomic E-state index is 0.0230. The first-order valence-electron chi connectivity index (χ1n) is 12.7. The van der Waals surface area contributed by atoms with Crippen LogP contribution in [0.2, 0.25) is 0 Å². The third-order valence-corrected chi connectivity index (χ3v) is 7.49. The summed E-state index contributed by atoms with van der Waals surface area (Å²) >= 11 is 0. The molecule has 0 spiro atoms. The Balaban J connectivity index is 1.35. The topological polar surface area (TPSA) is 80.6 Å². The Bertz CT molecular complexity index is 756. The highest BCUT2D eigenvalue weighted by Crippen LogP contribution is 2.28. The molecule has 1 unspecified atom stereocenters. The summed E-state index contributed by atoms with van der Waals surface area (Å²) in [5.74, 6) is 0.555. The number of morpholine rings is 1. The van der Waals surface area contributed by atoms with Crippen molar-refractivity contribution in [3.05, 3.63) is 35.9 Å². The van der Waals surface area contributed by atoms with Crippen LogP contribution in [-0.4, -0.2) is 66.8 Å². The van der Waals surface area contributed by atoms with Gasteiger partial charge < -0.3 is 10.1 Å². The molecule has 1 aliphatic carbocycles. The van der Waals surface area contributed by atoms with Gasteiger partial charge in [-0.1, -0.05) is 62.4 Å². The molecule has 1 saturated carbocycles. The van der Waals surface area contributed by atoms with Crippen LogP contribution in [0.3, 0.4) is 0 Å². The first-order chi connectivity index (χ1) is 16.2. The van der Waals surface area contributed by atoms with Gasteiger partial charge in [0.15, 0.2) is 0 Å². The molecule has 2 heterocycles. The van der Waals surface area contributed by atoms with Crippen LogP contribution in [0.25, 0.3) is 0 Å². The molecule has 3 aliphatic rings. The first-order valence-corrected chi connectivity index (χ1v) is 12.7. The van der Waals surface area contributed by atoms with Crippen molar-refractivity contribution in [2.45, 2.75) is 69.5 Å². The van der Waals surface area contributed by atoms with E-state index < -0.39 is 5.54 Å². The number of ether oxygens (including phenoxy) is 1. The van der Waals surface area contributed by atoms with Gasteiger partial charge in [0.2, 0.25) is 5.91 Å². The normalized spacial score (nSPS) is 23.5. The third kappa shape index (κ3) is 7.00.